The lowest BCUT2D eigenvalue weighted by Gasteiger charge is -2.02. The first kappa shape index (κ1) is 11.4. The van der Waals surface area contributed by atoms with Crippen molar-refractivity contribution in [3.05, 3.63) is 27.8 Å². The zero-order chi connectivity index (χ0) is 11.7. The van der Waals surface area contributed by atoms with Crippen LogP contribution in [0.15, 0.2) is 22.8 Å². The maximum absolute atomic E-state index is 11.1. The number of aromatic nitrogens is 2. The third-order valence-electron chi connectivity index (χ3n) is 2.19. The molecule has 2 rings (SSSR count). The standard InChI is InChI=1S/C10H8BrClN2O2/c1-16-10(15)5-14-9-3-8(12)7(11)2-6(9)4-13-14/h2-4H,5H2,1H3. The van der Waals surface area contributed by atoms with Crippen LogP contribution >= 0.6 is 27.5 Å². The van der Waals surface area contributed by atoms with Gasteiger partial charge in [-0.2, -0.15) is 5.10 Å². The second kappa shape index (κ2) is 4.43. The first-order valence-electron chi connectivity index (χ1n) is 4.49. The maximum Gasteiger partial charge on any atom is 0.327 e. The molecule has 16 heavy (non-hydrogen) atoms. The number of carbonyl (C=O) groups is 1. The molecule has 0 saturated heterocycles. The van der Waals surface area contributed by atoms with Crippen LogP contribution in [0, 0.1) is 0 Å². The number of halogens is 2. The lowest BCUT2D eigenvalue weighted by atomic mass is 10.2. The predicted octanol–water partition coefficient (Wildman–Crippen LogP) is 2.63. The van der Waals surface area contributed by atoms with E-state index in [1.54, 1.807) is 16.9 Å². The van der Waals surface area contributed by atoms with Gasteiger partial charge < -0.3 is 4.74 Å². The van der Waals surface area contributed by atoms with Gasteiger partial charge in [0.15, 0.2) is 0 Å². The van der Waals surface area contributed by atoms with Crippen LogP contribution in [0.4, 0.5) is 0 Å². The number of hydrogen-bond acceptors (Lipinski definition) is 3. The molecular weight excluding hydrogens is 295 g/mol. The van der Waals surface area contributed by atoms with Crippen molar-refractivity contribution in [2.24, 2.45) is 0 Å². The van der Waals surface area contributed by atoms with Crippen LogP contribution in [0.25, 0.3) is 10.9 Å². The van der Waals surface area contributed by atoms with Gasteiger partial charge in [-0.3, -0.25) is 9.48 Å². The van der Waals surface area contributed by atoms with Crippen molar-refractivity contribution in [2.45, 2.75) is 6.54 Å². The lowest BCUT2D eigenvalue weighted by Crippen LogP contribution is -2.12. The van der Waals surface area contributed by atoms with E-state index in [9.17, 15) is 4.79 Å². The molecule has 1 aromatic heterocycles. The monoisotopic (exact) mass is 302 g/mol. The third-order valence-corrected chi connectivity index (χ3v) is 3.39. The Morgan fingerprint density at radius 1 is 1.62 bits per heavy atom. The highest BCUT2D eigenvalue weighted by molar-refractivity contribution is 9.10. The minimum Gasteiger partial charge on any atom is -0.468 e. The summed E-state index contributed by atoms with van der Waals surface area (Å²) in [5.41, 5.74) is 0.804. The van der Waals surface area contributed by atoms with Crippen molar-refractivity contribution in [3.8, 4) is 0 Å². The third kappa shape index (κ3) is 2.05. The summed E-state index contributed by atoms with van der Waals surface area (Å²) in [6.07, 6.45) is 1.68. The number of esters is 1. The zero-order valence-electron chi connectivity index (χ0n) is 8.41. The minimum absolute atomic E-state index is 0.0813. The van der Waals surface area contributed by atoms with Gasteiger partial charge in [0.25, 0.3) is 0 Å². The number of ether oxygens (including phenoxy) is 1. The van der Waals surface area contributed by atoms with Gasteiger partial charge in [-0.15, -0.1) is 0 Å². The van der Waals surface area contributed by atoms with E-state index in [0.29, 0.717) is 5.02 Å². The van der Waals surface area contributed by atoms with Gasteiger partial charge >= 0.3 is 5.97 Å². The number of carbonyl (C=O) groups excluding carboxylic acids is 1. The molecule has 0 bridgehead atoms. The summed E-state index contributed by atoms with van der Waals surface area (Å²) in [7, 11) is 1.34. The Morgan fingerprint density at radius 3 is 3.06 bits per heavy atom. The quantitative estimate of drug-likeness (QED) is 0.801. The Balaban J connectivity index is 2.48. The second-order valence-corrected chi connectivity index (χ2v) is 4.47. The average molecular weight is 304 g/mol. The molecule has 0 unspecified atom stereocenters. The number of nitrogens with zero attached hydrogens (tertiary/aromatic N) is 2. The Kier molecular flexibility index (Phi) is 3.16. The zero-order valence-corrected chi connectivity index (χ0v) is 10.7. The molecule has 6 heteroatoms. The van der Waals surface area contributed by atoms with Crippen molar-refractivity contribution in [3.63, 3.8) is 0 Å². The van der Waals surface area contributed by atoms with E-state index in [1.165, 1.54) is 7.11 Å². The summed E-state index contributed by atoms with van der Waals surface area (Å²) in [6, 6.07) is 3.62. The van der Waals surface area contributed by atoms with E-state index < -0.39 is 0 Å². The van der Waals surface area contributed by atoms with Crippen LogP contribution < -0.4 is 0 Å². The molecule has 1 aromatic carbocycles. The average Bonchev–Trinajstić information content (AvgIpc) is 2.62. The molecule has 0 spiro atoms. The molecule has 1 heterocycles. The normalized spacial score (nSPS) is 10.7. The van der Waals surface area contributed by atoms with Crippen molar-refractivity contribution in [2.75, 3.05) is 7.11 Å². The molecule has 2 aromatic rings. The molecule has 0 saturated carbocycles. The van der Waals surface area contributed by atoms with Gasteiger partial charge in [0.1, 0.15) is 6.54 Å². The smallest absolute Gasteiger partial charge is 0.327 e. The largest absolute Gasteiger partial charge is 0.468 e. The molecule has 84 valence electrons. The Labute approximate surface area is 105 Å². The molecular formula is C10H8BrClN2O2. The topological polar surface area (TPSA) is 44.1 Å². The number of methoxy groups -OCH3 is 1. The van der Waals surface area contributed by atoms with E-state index in [1.807, 2.05) is 6.07 Å². The highest BCUT2D eigenvalue weighted by Crippen LogP contribution is 2.27. The first-order valence-corrected chi connectivity index (χ1v) is 5.66. The van der Waals surface area contributed by atoms with Gasteiger partial charge in [0.05, 0.1) is 23.8 Å². The van der Waals surface area contributed by atoms with Crippen molar-refractivity contribution < 1.29 is 9.53 Å². The molecule has 0 radical (unpaired) electrons. The van der Waals surface area contributed by atoms with E-state index in [-0.39, 0.29) is 12.5 Å². The Morgan fingerprint density at radius 2 is 2.38 bits per heavy atom. The van der Waals surface area contributed by atoms with E-state index >= 15 is 0 Å². The van der Waals surface area contributed by atoms with Crippen molar-refractivity contribution in [1.29, 1.82) is 0 Å². The van der Waals surface area contributed by atoms with Gasteiger partial charge in [0, 0.05) is 9.86 Å². The molecule has 0 aliphatic rings. The van der Waals surface area contributed by atoms with Crippen LogP contribution in [0.2, 0.25) is 5.02 Å². The van der Waals surface area contributed by atoms with E-state index in [4.69, 9.17) is 11.6 Å². The van der Waals surface area contributed by atoms with Crippen LogP contribution in [-0.2, 0) is 16.1 Å². The number of rotatable bonds is 2. The fraction of sp³-hybridized carbons (Fsp3) is 0.200. The minimum atomic E-state index is -0.343. The van der Waals surface area contributed by atoms with E-state index in [0.717, 1.165) is 15.4 Å². The lowest BCUT2D eigenvalue weighted by molar-refractivity contribution is -0.141. The van der Waals surface area contributed by atoms with Crippen molar-refractivity contribution >= 4 is 44.4 Å². The van der Waals surface area contributed by atoms with Crippen LogP contribution in [0.5, 0.6) is 0 Å². The molecule has 4 nitrogen and oxygen atoms in total. The number of benzene rings is 1. The molecule has 0 fully saturated rings. The van der Waals surface area contributed by atoms with Gasteiger partial charge in [0.2, 0.25) is 0 Å². The molecule has 0 aliphatic heterocycles. The summed E-state index contributed by atoms with van der Waals surface area (Å²) >= 11 is 9.31. The molecule has 0 atom stereocenters. The summed E-state index contributed by atoms with van der Waals surface area (Å²) < 4.78 is 6.94. The fourth-order valence-corrected chi connectivity index (χ4v) is 1.90. The summed E-state index contributed by atoms with van der Waals surface area (Å²) in [4.78, 5) is 11.1. The SMILES string of the molecule is COC(=O)Cn1ncc2cc(Br)c(Cl)cc21. The molecule has 0 N–H and O–H groups in total. The van der Waals surface area contributed by atoms with Crippen molar-refractivity contribution in [1.82, 2.24) is 9.78 Å². The second-order valence-electron chi connectivity index (χ2n) is 3.20. The van der Waals surface area contributed by atoms with Gasteiger partial charge in [-0.1, -0.05) is 11.6 Å². The number of fused-ring (bicyclic) bond motifs is 1. The number of hydrogen-bond donors (Lipinski definition) is 0. The van der Waals surface area contributed by atoms with E-state index in [2.05, 4.69) is 25.8 Å². The highest BCUT2D eigenvalue weighted by Gasteiger charge is 2.09. The van der Waals surface area contributed by atoms with Gasteiger partial charge in [-0.25, -0.2) is 0 Å². The Bertz CT molecular complexity index is 553. The fourth-order valence-electron chi connectivity index (χ4n) is 1.39. The first-order chi connectivity index (χ1) is 7.61. The molecule has 0 aliphatic carbocycles. The Hall–Kier alpha value is -1.07. The maximum atomic E-state index is 11.1. The van der Waals surface area contributed by atoms with Crippen LogP contribution in [0.3, 0.4) is 0 Å². The van der Waals surface area contributed by atoms with Gasteiger partial charge in [-0.05, 0) is 28.1 Å². The summed E-state index contributed by atoms with van der Waals surface area (Å²) in [5.74, 6) is -0.343. The highest BCUT2D eigenvalue weighted by atomic mass is 79.9. The molecule has 0 amide bonds. The summed E-state index contributed by atoms with van der Waals surface area (Å²) in [5, 5.41) is 5.60. The van der Waals surface area contributed by atoms with Crippen LogP contribution in [0.1, 0.15) is 0 Å². The van der Waals surface area contributed by atoms with Crippen LogP contribution in [-0.4, -0.2) is 22.9 Å². The summed E-state index contributed by atoms with van der Waals surface area (Å²) in [6.45, 7) is 0.0813. The predicted molar refractivity (Wildman–Crippen MR) is 64.5 cm³/mol.